The first kappa shape index (κ1) is 18.1. The van der Waals surface area contributed by atoms with Gasteiger partial charge in [0.1, 0.15) is 24.8 Å². The summed E-state index contributed by atoms with van der Waals surface area (Å²) in [4.78, 5) is 3.64. The number of nitrogens with one attached hydrogen (secondary N) is 3. The van der Waals surface area contributed by atoms with Gasteiger partial charge in [-0.2, -0.15) is 0 Å². The first-order valence-corrected chi connectivity index (χ1v) is 7.49. The second-order valence-electron chi connectivity index (χ2n) is 5.28. The van der Waals surface area contributed by atoms with E-state index in [4.69, 9.17) is 10.1 Å². The summed E-state index contributed by atoms with van der Waals surface area (Å²) in [6.45, 7) is 5.65. The second-order valence-corrected chi connectivity index (χ2v) is 5.28. The third kappa shape index (κ3) is 8.39. The van der Waals surface area contributed by atoms with Crippen molar-refractivity contribution >= 4 is 12.7 Å². The highest BCUT2D eigenvalue weighted by atomic mass is 16.5. The number of ether oxygens (including phenoxy) is 1. The lowest BCUT2D eigenvalue weighted by atomic mass is 10.1. The Labute approximate surface area is 132 Å². The van der Waals surface area contributed by atoms with Gasteiger partial charge >= 0.3 is 0 Å². The van der Waals surface area contributed by atoms with Crippen molar-refractivity contribution in [2.24, 2.45) is 4.99 Å². The molecule has 0 amide bonds. The molecule has 0 radical (unpaired) electrons. The maximum Gasteiger partial charge on any atom is 0.119 e. The summed E-state index contributed by atoms with van der Waals surface area (Å²) in [6.07, 6.45) is 2.85. The topological polar surface area (TPSA) is 89.7 Å². The first-order chi connectivity index (χ1) is 10.6. The minimum Gasteiger partial charge on any atom is -0.491 e. The van der Waals surface area contributed by atoms with Crippen LogP contribution >= 0.6 is 0 Å². The van der Waals surface area contributed by atoms with Crippen molar-refractivity contribution < 1.29 is 9.84 Å². The lowest BCUT2D eigenvalue weighted by Crippen LogP contribution is -2.35. The summed E-state index contributed by atoms with van der Waals surface area (Å²) >= 11 is 0. The van der Waals surface area contributed by atoms with Crippen LogP contribution in [0, 0.1) is 5.41 Å². The van der Waals surface area contributed by atoms with Gasteiger partial charge in [-0.15, -0.1) is 0 Å². The van der Waals surface area contributed by atoms with Gasteiger partial charge in [-0.1, -0.05) is 26.0 Å². The van der Waals surface area contributed by atoms with Crippen molar-refractivity contribution in [3.63, 3.8) is 0 Å². The van der Waals surface area contributed by atoms with Crippen LogP contribution in [0.15, 0.2) is 29.3 Å². The smallest absolute Gasteiger partial charge is 0.119 e. The minimum absolute atomic E-state index is 0.278. The van der Waals surface area contributed by atoms with Gasteiger partial charge in [0.15, 0.2) is 0 Å². The predicted octanol–water partition coefficient (Wildman–Crippen LogP) is 1.19. The van der Waals surface area contributed by atoms with E-state index < -0.39 is 6.10 Å². The number of nitrogens with zero attached hydrogens (tertiary/aromatic N) is 1. The van der Waals surface area contributed by atoms with E-state index in [9.17, 15) is 5.11 Å². The Morgan fingerprint density at radius 2 is 2.05 bits per heavy atom. The molecule has 1 rings (SSSR count). The zero-order valence-corrected chi connectivity index (χ0v) is 13.2. The zero-order valence-electron chi connectivity index (χ0n) is 13.2. The number of rotatable bonds is 11. The largest absolute Gasteiger partial charge is 0.491 e. The summed E-state index contributed by atoms with van der Waals surface area (Å²) in [6, 6.07) is 8.17. The number of aliphatic imine (C=N–C) groups is 1. The third-order valence-corrected chi connectivity index (χ3v) is 2.93. The number of aliphatic hydroxyl groups is 1. The van der Waals surface area contributed by atoms with E-state index in [2.05, 4.69) is 15.6 Å². The van der Waals surface area contributed by atoms with Crippen molar-refractivity contribution in [1.29, 1.82) is 5.41 Å². The van der Waals surface area contributed by atoms with Crippen molar-refractivity contribution in [1.82, 2.24) is 10.6 Å². The maximum atomic E-state index is 9.78. The summed E-state index contributed by atoms with van der Waals surface area (Å²) in [5.41, 5.74) is 1.19. The van der Waals surface area contributed by atoms with Gasteiger partial charge in [-0.25, -0.2) is 4.99 Å². The van der Waals surface area contributed by atoms with Crippen molar-refractivity contribution in [2.75, 3.05) is 19.7 Å². The van der Waals surface area contributed by atoms with Gasteiger partial charge in [0.25, 0.3) is 0 Å². The highest BCUT2D eigenvalue weighted by molar-refractivity contribution is 5.68. The molecule has 0 aliphatic carbocycles. The van der Waals surface area contributed by atoms with E-state index in [1.54, 1.807) is 0 Å². The van der Waals surface area contributed by atoms with E-state index in [1.807, 2.05) is 38.1 Å². The molecular weight excluding hydrogens is 280 g/mol. The third-order valence-electron chi connectivity index (χ3n) is 2.93. The van der Waals surface area contributed by atoms with Crippen LogP contribution < -0.4 is 15.4 Å². The SMILES string of the molecule is CC(C)NCC(O)COc1ccc(CCN/C=N\C=N)cc1. The van der Waals surface area contributed by atoms with Crippen LogP contribution in [0.5, 0.6) is 5.75 Å². The van der Waals surface area contributed by atoms with Crippen molar-refractivity contribution in [3.8, 4) is 5.75 Å². The van der Waals surface area contributed by atoms with Crippen molar-refractivity contribution in [2.45, 2.75) is 32.4 Å². The molecule has 0 spiro atoms. The standard InChI is InChI=1S/C16H26N4O2/c1-13(2)20-9-15(21)10-22-16-5-3-14(4-6-16)7-8-18-12-19-11-17/h3-6,11-13,15,20-21H,7-10H2,1-2H3,(H2,17,18,19). The van der Waals surface area contributed by atoms with Gasteiger partial charge in [-0.05, 0) is 24.1 Å². The molecule has 0 aliphatic rings. The predicted molar refractivity (Wildman–Crippen MR) is 90.1 cm³/mol. The minimum atomic E-state index is -0.514. The molecule has 6 heteroatoms. The molecular formula is C16H26N4O2. The summed E-state index contributed by atoms with van der Waals surface area (Å²) in [7, 11) is 0. The van der Waals surface area contributed by atoms with E-state index >= 15 is 0 Å². The molecule has 0 bridgehead atoms. The molecule has 1 aromatic carbocycles. The maximum absolute atomic E-state index is 9.78. The quantitative estimate of drug-likeness (QED) is 0.281. The normalized spacial score (nSPS) is 12.5. The molecule has 0 heterocycles. The molecule has 0 fully saturated rings. The molecule has 0 saturated carbocycles. The number of aliphatic hydroxyl groups excluding tert-OH is 1. The molecule has 6 nitrogen and oxygen atoms in total. The molecule has 22 heavy (non-hydrogen) atoms. The van der Waals surface area contributed by atoms with Gasteiger partial charge in [-0.3, -0.25) is 5.41 Å². The van der Waals surface area contributed by atoms with Crippen LogP contribution in [-0.4, -0.2) is 49.6 Å². The Balaban J connectivity index is 2.26. The van der Waals surface area contributed by atoms with E-state index in [1.165, 1.54) is 11.9 Å². The molecule has 1 unspecified atom stereocenters. The Bertz CT molecular complexity index is 446. The summed E-state index contributed by atoms with van der Waals surface area (Å²) in [5, 5.41) is 22.7. The van der Waals surface area contributed by atoms with Gasteiger partial charge in [0.05, 0.1) is 6.34 Å². The molecule has 0 aliphatic heterocycles. The van der Waals surface area contributed by atoms with Crippen LogP contribution in [0.4, 0.5) is 0 Å². The van der Waals surface area contributed by atoms with Crippen LogP contribution in [0.1, 0.15) is 19.4 Å². The lowest BCUT2D eigenvalue weighted by molar-refractivity contribution is 0.104. The first-order valence-electron chi connectivity index (χ1n) is 7.49. The Kier molecular flexibility index (Phi) is 8.86. The monoisotopic (exact) mass is 306 g/mol. The van der Waals surface area contributed by atoms with Gasteiger partial charge < -0.3 is 20.5 Å². The van der Waals surface area contributed by atoms with Crippen LogP contribution in [-0.2, 0) is 6.42 Å². The molecule has 122 valence electrons. The highest BCUT2D eigenvalue weighted by Gasteiger charge is 2.05. The summed E-state index contributed by atoms with van der Waals surface area (Å²) < 4.78 is 5.56. The second kappa shape index (κ2) is 10.8. The zero-order chi connectivity index (χ0) is 16.2. The number of hydrogen-bond acceptors (Lipinski definition) is 4. The fourth-order valence-corrected chi connectivity index (χ4v) is 1.75. The average Bonchev–Trinajstić information content (AvgIpc) is 2.52. The van der Waals surface area contributed by atoms with Crippen LogP contribution in [0.25, 0.3) is 0 Å². The Hall–Kier alpha value is -1.92. The molecule has 1 aromatic rings. The highest BCUT2D eigenvalue weighted by Crippen LogP contribution is 2.12. The van der Waals surface area contributed by atoms with Crippen LogP contribution in [0.2, 0.25) is 0 Å². The van der Waals surface area contributed by atoms with Gasteiger partial charge in [0.2, 0.25) is 0 Å². The van der Waals surface area contributed by atoms with Crippen LogP contribution in [0.3, 0.4) is 0 Å². The fraction of sp³-hybridized carbons (Fsp3) is 0.500. The van der Waals surface area contributed by atoms with E-state index in [-0.39, 0.29) is 6.61 Å². The van der Waals surface area contributed by atoms with E-state index in [0.29, 0.717) is 12.6 Å². The lowest BCUT2D eigenvalue weighted by Gasteiger charge is -2.15. The Morgan fingerprint density at radius 1 is 1.32 bits per heavy atom. The molecule has 0 saturated heterocycles. The van der Waals surface area contributed by atoms with Crippen molar-refractivity contribution in [3.05, 3.63) is 29.8 Å². The van der Waals surface area contributed by atoms with E-state index in [0.717, 1.165) is 25.1 Å². The van der Waals surface area contributed by atoms with Gasteiger partial charge in [0, 0.05) is 19.1 Å². The Morgan fingerprint density at radius 3 is 2.68 bits per heavy atom. The summed E-state index contributed by atoms with van der Waals surface area (Å²) in [5.74, 6) is 0.755. The molecule has 0 aromatic heterocycles. The fourth-order valence-electron chi connectivity index (χ4n) is 1.75. The molecule has 1 atom stereocenters. The molecule has 4 N–H and O–H groups in total. The number of hydrogen-bond donors (Lipinski definition) is 4. The average molecular weight is 306 g/mol. The number of benzene rings is 1.